The van der Waals surface area contributed by atoms with Gasteiger partial charge in [0.05, 0.1) is 19.3 Å². The van der Waals surface area contributed by atoms with Crippen molar-refractivity contribution in [3.05, 3.63) is 0 Å². The van der Waals surface area contributed by atoms with Gasteiger partial charge in [-0.1, -0.05) is 39.0 Å². The smallest absolute Gasteiger partial charge is 0.0638 e. The zero-order valence-electron chi connectivity index (χ0n) is 10.3. The number of hydrogen-bond acceptors (Lipinski definition) is 3. The number of aliphatic hydroxyl groups is 1. The molecule has 0 aliphatic carbocycles. The summed E-state index contributed by atoms with van der Waals surface area (Å²) in [5.74, 6) is 0. The molecule has 92 valence electrons. The van der Waals surface area contributed by atoms with Gasteiger partial charge in [0.25, 0.3) is 0 Å². The molecule has 1 atom stereocenters. The average molecular weight is 217 g/mol. The molecular weight excluding hydrogens is 190 g/mol. The topological polar surface area (TPSA) is 41.5 Å². The molecule has 1 unspecified atom stereocenters. The lowest BCUT2D eigenvalue weighted by molar-refractivity contribution is 0.128. The molecule has 0 spiro atoms. The third-order valence-corrected chi connectivity index (χ3v) is 2.55. The van der Waals surface area contributed by atoms with Crippen LogP contribution in [0, 0.1) is 0 Å². The van der Waals surface area contributed by atoms with Gasteiger partial charge in [-0.05, 0) is 13.0 Å². The first-order valence-corrected chi connectivity index (χ1v) is 6.18. The normalized spacial score (nSPS) is 13.0. The van der Waals surface area contributed by atoms with Crippen LogP contribution in [-0.4, -0.2) is 38.0 Å². The molecule has 3 nitrogen and oxygen atoms in total. The van der Waals surface area contributed by atoms with Crippen molar-refractivity contribution in [2.45, 2.75) is 51.5 Å². The van der Waals surface area contributed by atoms with E-state index in [4.69, 9.17) is 9.84 Å². The minimum atomic E-state index is 0.102. The molecule has 0 fully saturated rings. The van der Waals surface area contributed by atoms with Crippen molar-refractivity contribution in [1.82, 2.24) is 5.32 Å². The van der Waals surface area contributed by atoms with Crippen LogP contribution >= 0.6 is 0 Å². The number of aliphatic hydroxyl groups excluding tert-OH is 1. The summed E-state index contributed by atoms with van der Waals surface area (Å²) < 4.78 is 4.98. The maximum atomic E-state index is 8.99. The Kier molecular flexibility index (Phi) is 11.9. The number of methoxy groups -OCH3 is 1. The van der Waals surface area contributed by atoms with Crippen LogP contribution in [0.1, 0.15) is 45.4 Å². The van der Waals surface area contributed by atoms with Gasteiger partial charge in [0.15, 0.2) is 0 Å². The van der Waals surface area contributed by atoms with Crippen molar-refractivity contribution < 1.29 is 9.84 Å². The van der Waals surface area contributed by atoms with Crippen LogP contribution in [-0.2, 0) is 4.74 Å². The van der Waals surface area contributed by atoms with Gasteiger partial charge in [-0.3, -0.25) is 0 Å². The molecule has 0 heterocycles. The second kappa shape index (κ2) is 12.0. The monoisotopic (exact) mass is 217 g/mol. The van der Waals surface area contributed by atoms with Crippen molar-refractivity contribution in [2.24, 2.45) is 0 Å². The highest BCUT2D eigenvalue weighted by Gasteiger charge is 2.04. The summed E-state index contributed by atoms with van der Waals surface area (Å²) in [5, 5.41) is 12.3. The van der Waals surface area contributed by atoms with Crippen LogP contribution in [0.2, 0.25) is 0 Å². The molecule has 0 aliphatic rings. The highest BCUT2D eigenvalue weighted by atomic mass is 16.5. The third kappa shape index (κ3) is 10.2. The average Bonchev–Trinajstić information content (AvgIpc) is 2.26. The van der Waals surface area contributed by atoms with E-state index in [0.717, 1.165) is 6.54 Å². The second-order valence-corrected chi connectivity index (χ2v) is 4.06. The van der Waals surface area contributed by atoms with E-state index in [1.807, 2.05) is 0 Å². The van der Waals surface area contributed by atoms with Crippen LogP contribution in [0.25, 0.3) is 0 Å². The Hall–Kier alpha value is -0.120. The van der Waals surface area contributed by atoms with Gasteiger partial charge >= 0.3 is 0 Å². The molecular formula is C12H27NO2. The van der Waals surface area contributed by atoms with Gasteiger partial charge in [0.2, 0.25) is 0 Å². The summed E-state index contributed by atoms with van der Waals surface area (Å²) in [7, 11) is 1.66. The van der Waals surface area contributed by atoms with Gasteiger partial charge in [-0.25, -0.2) is 0 Å². The quantitative estimate of drug-likeness (QED) is 0.520. The van der Waals surface area contributed by atoms with Gasteiger partial charge in [0.1, 0.15) is 0 Å². The molecule has 0 rings (SSSR count). The van der Waals surface area contributed by atoms with Gasteiger partial charge < -0.3 is 15.2 Å². The van der Waals surface area contributed by atoms with E-state index in [1.54, 1.807) is 7.11 Å². The lowest BCUT2D eigenvalue weighted by Gasteiger charge is -2.14. The molecule has 0 aromatic rings. The SMILES string of the molecule is CCCCCCCCNC(CO)COC. The van der Waals surface area contributed by atoms with Crippen molar-refractivity contribution >= 4 is 0 Å². The fourth-order valence-corrected chi connectivity index (χ4v) is 1.59. The number of rotatable bonds is 11. The predicted molar refractivity (Wildman–Crippen MR) is 64.1 cm³/mol. The first-order valence-electron chi connectivity index (χ1n) is 6.18. The number of nitrogens with one attached hydrogen (secondary N) is 1. The summed E-state index contributed by atoms with van der Waals surface area (Å²) >= 11 is 0. The summed E-state index contributed by atoms with van der Waals surface area (Å²) in [5.41, 5.74) is 0. The molecule has 0 aliphatic heterocycles. The van der Waals surface area contributed by atoms with Crippen molar-refractivity contribution in [1.29, 1.82) is 0 Å². The van der Waals surface area contributed by atoms with E-state index in [0.29, 0.717) is 6.61 Å². The third-order valence-electron chi connectivity index (χ3n) is 2.55. The van der Waals surface area contributed by atoms with E-state index in [-0.39, 0.29) is 12.6 Å². The second-order valence-electron chi connectivity index (χ2n) is 4.06. The standard InChI is InChI=1S/C12H27NO2/c1-3-4-5-6-7-8-9-13-12(10-14)11-15-2/h12-14H,3-11H2,1-2H3. The zero-order valence-corrected chi connectivity index (χ0v) is 10.3. The largest absolute Gasteiger partial charge is 0.395 e. The van der Waals surface area contributed by atoms with Crippen molar-refractivity contribution in [3.8, 4) is 0 Å². The van der Waals surface area contributed by atoms with Crippen molar-refractivity contribution in [3.63, 3.8) is 0 Å². The Labute approximate surface area is 94.2 Å². The van der Waals surface area contributed by atoms with Crippen molar-refractivity contribution in [2.75, 3.05) is 26.9 Å². The Morgan fingerprint density at radius 2 is 1.80 bits per heavy atom. The first kappa shape index (κ1) is 14.9. The highest BCUT2D eigenvalue weighted by Crippen LogP contribution is 2.04. The van der Waals surface area contributed by atoms with E-state index in [1.165, 1.54) is 38.5 Å². The Balaban J connectivity index is 3.14. The van der Waals surface area contributed by atoms with Gasteiger partial charge in [-0.2, -0.15) is 0 Å². The van der Waals surface area contributed by atoms with Crippen LogP contribution < -0.4 is 5.32 Å². The van der Waals surface area contributed by atoms with Crippen LogP contribution in [0.3, 0.4) is 0 Å². The Bertz CT molecular complexity index is 120. The molecule has 2 N–H and O–H groups in total. The molecule has 0 saturated carbocycles. The minimum absolute atomic E-state index is 0.102. The Morgan fingerprint density at radius 1 is 1.13 bits per heavy atom. The van der Waals surface area contributed by atoms with E-state index in [2.05, 4.69) is 12.2 Å². The number of unbranched alkanes of at least 4 members (excludes halogenated alkanes) is 5. The maximum absolute atomic E-state index is 8.99. The predicted octanol–water partition coefficient (Wildman–Crippen LogP) is 1.94. The summed E-state index contributed by atoms with van der Waals surface area (Å²) in [6.07, 6.45) is 7.85. The lowest BCUT2D eigenvalue weighted by Crippen LogP contribution is -2.36. The molecule has 0 amide bonds. The number of hydrogen-bond donors (Lipinski definition) is 2. The van der Waals surface area contributed by atoms with E-state index >= 15 is 0 Å². The summed E-state index contributed by atoms with van der Waals surface area (Å²) in [4.78, 5) is 0. The van der Waals surface area contributed by atoms with Gasteiger partial charge in [0, 0.05) is 7.11 Å². The maximum Gasteiger partial charge on any atom is 0.0638 e. The summed E-state index contributed by atoms with van der Waals surface area (Å²) in [6, 6.07) is 0.102. The molecule has 0 bridgehead atoms. The molecule has 15 heavy (non-hydrogen) atoms. The zero-order chi connectivity index (χ0) is 11.4. The van der Waals surface area contributed by atoms with Crippen LogP contribution in [0.5, 0.6) is 0 Å². The minimum Gasteiger partial charge on any atom is -0.395 e. The van der Waals surface area contributed by atoms with Crippen LogP contribution in [0.4, 0.5) is 0 Å². The molecule has 3 heteroatoms. The highest BCUT2D eigenvalue weighted by molar-refractivity contribution is 4.63. The Morgan fingerprint density at radius 3 is 2.40 bits per heavy atom. The van der Waals surface area contributed by atoms with Crippen LogP contribution in [0.15, 0.2) is 0 Å². The van der Waals surface area contributed by atoms with E-state index < -0.39 is 0 Å². The fourth-order valence-electron chi connectivity index (χ4n) is 1.59. The lowest BCUT2D eigenvalue weighted by atomic mass is 10.1. The summed E-state index contributed by atoms with van der Waals surface area (Å²) in [6.45, 7) is 3.97. The molecule has 0 aromatic carbocycles. The number of ether oxygens (including phenoxy) is 1. The molecule has 0 radical (unpaired) electrons. The van der Waals surface area contributed by atoms with Gasteiger partial charge in [-0.15, -0.1) is 0 Å². The molecule has 0 saturated heterocycles. The first-order chi connectivity index (χ1) is 7.35. The van der Waals surface area contributed by atoms with E-state index in [9.17, 15) is 0 Å². The fraction of sp³-hybridized carbons (Fsp3) is 1.00. The molecule has 0 aromatic heterocycles.